The molecule has 0 unspecified atom stereocenters. The molecular formula is C11H14ClFO. The number of hydrogen-bond donors (Lipinski definition) is 0. The van der Waals surface area contributed by atoms with Gasteiger partial charge in [-0.05, 0) is 31.5 Å². The molecule has 0 radical (unpaired) electrons. The fraction of sp³-hybridized carbons (Fsp3) is 0.364. The summed E-state index contributed by atoms with van der Waals surface area (Å²) in [6.45, 7) is 6.94. The van der Waals surface area contributed by atoms with Crippen molar-refractivity contribution < 1.29 is 9.18 Å². The number of rotatable bonds is 1. The van der Waals surface area contributed by atoms with Crippen molar-refractivity contribution in [2.45, 2.75) is 27.7 Å². The molecule has 0 atom stereocenters. The van der Waals surface area contributed by atoms with Crippen LogP contribution in [0.1, 0.15) is 36.7 Å². The van der Waals surface area contributed by atoms with Gasteiger partial charge in [0.15, 0.2) is 5.78 Å². The molecule has 0 saturated heterocycles. The SMILES string of the molecule is CC.CC(=O)c1ccc(Cl)c(F)c1C. The first-order valence-electron chi connectivity index (χ1n) is 4.49. The smallest absolute Gasteiger partial charge is 0.160 e. The van der Waals surface area contributed by atoms with Gasteiger partial charge in [0, 0.05) is 5.56 Å². The summed E-state index contributed by atoms with van der Waals surface area (Å²) in [6.07, 6.45) is 0. The van der Waals surface area contributed by atoms with E-state index in [0.29, 0.717) is 11.1 Å². The molecule has 0 fully saturated rings. The first-order valence-corrected chi connectivity index (χ1v) is 4.87. The highest BCUT2D eigenvalue weighted by molar-refractivity contribution is 6.30. The van der Waals surface area contributed by atoms with E-state index in [2.05, 4.69) is 0 Å². The van der Waals surface area contributed by atoms with Crippen LogP contribution in [-0.4, -0.2) is 5.78 Å². The topological polar surface area (TPSA) is 17.1 Å². The molecule has 0 amide bonds. The molecule has 0 saturated carbocycles. The quantitative estimate of drug-likeness (QED) is 0.648. The zero-order valence-electron chi connectivity index (χ0n) is 8.82. The van der Waals surface area contributed by atoms with Crippen LogP contribution >= 0.6 is 11.6 Å². The minimum atomic E-state index is -0.510. The Labute approximate surface area is 88.9 Å². The number of carbonyl (C=O) groups is 1. The summed E-state index contributed by atoms with van der Waals surface area (Å²) >= 11 is 5.50. The third kappa shape index (κ3) is 2.81. The summed E-state index contributed by atoms with van der Waals surface area (Å²) in [5.74, 6) is -0.660. The Morgan fingerprint density at radius 2 is 1.86 bits per heavy atom. The van der Waals surface area contributed by atoms with Gasteiger partial charge >= 0.3 is 0 Å². The van der Waals surface area contributed by atoms with Gasteiger partial charge in [-0.2, -0.15) is 0 Å². The lowest BCUT2D eigenvalue weighted by Crippen LogP contribution is -1.98. The highest BCUT2D eigenvalue weighted by Gasteiger charge is 2.10. The molecule has 0 N–H and O–H groups in total. The summed E-state index contributed by atoms with van der Waals surface area (Å²) in [6, 6.07) is 2.92. The number of carbonyl (C=O) groups excluding carboxylic acids is 1. The van der Waals surface area contributed by atoms with E-state index in [1.54, 1.807) is 0 Å². The maximum Gasteiger partial charge on any atom is 0.160 e. The molecule has 0 aliphatic carbocycles. The standard InChI is InChI=1S/C9H8ClFO.C2H6/c1-5-7(6(2)12)3-4-8(10)9(5)11;1-2/h3-4H,1-2H3;1-2H3. The van der Waals surface area contributed by atoms with Gasteiger partial charge in [-0.1, -0.05) is 25.4 Å². The number of hydrogen-bond acceptors (Lipinski definition) is 1. The molecular weight excluding hydrogens is 203 g/mol. The van der Waals surface area contributed by atoms with E-state index in [1.165, 1.54) is 26.0 Å². The first-order chi connectivity index (χ1) is 6.54. The van der Waals surface area contributed by atoms with Crippen LogP contribution in [0.15, 0.2) is 12.1 Å². The van der Waals surface area contributed by atoms with Crippen molar-refractivity contribution in [3.8, 4) is 0 Å². The third-order valence-electron chi connectivity index (χ3n) is 1.72. The van der Waals surface area contributed by atoms with Crippen molar-refractivity contribution in [1.29, 1.82) is 0 Å². The van der Waals surface area contributed by atoms with Gasteiger partial charge in [0.05, 0.1) is 5.02 Å². The Balaban J connectivity index is 0.000000791. The average Bonchev–Trinajstić information content (AvgIpc) is 2.17. The summed E-state index contributed by atoms with van der Waals surface area (Å²) in [4.78, 5) is 10.9. The predicted octanol–water partition coefficient (Wildman–Crippen LogP) is 4.02. The van der Waals surface area contributed by atoms with Crippen molar-refractivity contribution in [2.75, 3.05) is 0 Å². The normalized spacial score (nSPS) is 9.00. The molecule has 3 heteroatoms. The Bertz CT molecular complexity index is 334. The second-order valence-electron chi connectivity index (χ2n) is 2.59. The van der Waals surface area contributed by atoms with Crippen molar-refractivity contribution in [3.63, 3.8) is 0 Å². The van der Waals surface area contributed by atoms with Crippen molar-refractivity contribution in [1.82, 2.24) is 0 Å². The molecule has 0 spiro atoms. The van der Waals surface area contributed by atoms with E-state index < -0.39 is 5.82 Å². The fourth-order valence-electron chi connectivity index (χ4n) is 1.03. The average molecular weight is 217 g/mol. The van der Waals surface area contributed by atoms with Gasteiger partial charge in [-0.25, -0.2) is 4.39 Å². The molecule has 14 heavy (non-hydrogen) atoms. The minimum absolute atomic E-state index is 0.0532. The highest BCUT2D eigenvalue weighted by Crippen LogP contribution is 2.21. The monoisotopic (exact) mass is 216 g/mol. The summed E-state index contributed by atoms with van der Waals surface area (Å²) in [5.41, 5.74) is 0.701. The van der Waals surface area contributed by atoms with Gasteiger partial charge in [-0.3, -0.25) is 4.79 Å². The maximum absolute atomic E-state index is 13.1. The van der Waals surface area contributed by atoms with Crippen LogP contribution in [0.25, 0.3) is 0 Å². The van der Waals surface area contributed by atoms with Crippen LogP contribution in [0.3, 0.4) is 0 Å². The first kappa shape index (κ1) is 13.1. The zero-order chi connectivity index (χ0) is 11.3. The second kappa shape index (κ2) is 5.76. The molecule has 0 aliphatic heterocycles. The molecule has 1 nitrogen and oxygen atoms in total. The second-order valence-corrected chi connectivity index (χ2v) is 3.00. The molecule has 0 bridgehead atoms. The Morgan fingerprint density at radius 3 is 2.29 bits per heavy atom. The summed E-state index contributed by atoms with van der Waals surface area (Å²) < 4.78 is 13.1. The van der Waals surface area contributed by atoms with E-state index >= 15 is 0 Å². The van der Waals surface area contributed by atoms with Crippen LogP contribution in [0, 0.1) is 12.7 Å². The molecule has 78 valence electrons. The summed E-state index contributed by atoms with van der Waals surface area (Å²) in [7, 11) is 0. The molecule has 1 rings (SSSR count). The Kier molecular flexibility index (Phi) is 5.39. The fourth-order valence-corrected chi connectivity index (χ4v) is 1.24. The van der Waals surface area contributed by atoms with E-state index in [4.69, 9.17) is 11.6 Å². The van der Waals surface area contributed by atoms with Gasteiger partial charge in [-0.15, -0.1) is 0 Å². The van der Waals surface area contributed by atoms with Gasteiger partial charge in [0.25, 0.3) is 0 Å². The molecule has 1 aromatic rings. The third-order valence-corrected chi connectivity index (χ3v) is 2.01. The molecule has 0 heterocycles. The van der Waals surface area contributed by atoms with E-state index in [1.807, 2.05) is 13.8 Å². The Hall–Kier alpha value is -0.890. The van der Waals surface area contributed by atoms with Crippen molar-refractivity contribution >= 4 is 17.4 Å². The number of halogens is 2. The number of benzene rings is 1. The van der Waals surface area contributed by atoms with Gasteiger partial charge in [0.1, 0.15) is 5.82 Å². The maximum atomic E-state index is 13.1. The minimum Gasteiger partial charge on any atom is -0.294 e. The van der Waals surface area contributed by atoms with Crippen molar-refractivity contribution in [2.24, 2.45) is 0 Å². The summed E-state index contributed by atoms with van der Waals surface area (Å²) in [5, 5.41) is 0.0532. The lowest BCUT2D eigenvalue weighted by atomic mass is 10.1. The van der Waals surface area contributed by atoms with Crippen LogP contribution in [0.2, 0.25) is 5.02 Å². The zero-order valence-corrected chi connectivity index (χ0v) is 9.57. The molecule has 1 aromatic carbocycles. The van der Waals surface area contributed by atoms with Crippen LogP contribution in [0.4, 0.5) is 4.39 Å². The van der Waals surface area contributed by atoms with Crippen LogP contribution in [0.5, 0.6) is 0 Å². The lowest BCUT2D eigenvalue weighted by molar-refractivity contribution is 0.101. The largest absolute Gasteiger partial charge is 0.294 e. The number of Topliss-reactive ketones (excluding diaryl/α,β-unsaturated/α-hetero) is 1. The molecule has 0 aromatic heterocycles. The van der Waals surface area contributed by atoms with E-state index in [0.717, 1.165) is 0 Å². The van der Waals surface area contributed by atoms with Gasteiger partial charge in [0.2, 0.25) is 0 Å². The van der Waals surface area contributed by atoms with Crippen LogP contribution < -0.4 is 0 Å². The lowest BCUT2D eigenvalue weighted by Gasteiger charge is -2.03. The van der Waals surface area contributed by atoms with E-state index in [9.17, 15) is 9.18 Å². The van der Waals surface area contributed by atoms with Crippen molar-refractivity contribution in [3.05, 3.63) is 34.1 Å². The predicted molar refractivity (Wildman–Crippen MR) is 57.5 cm³/mol. The van der Waals surface area contributed by atoms with E-state index in [-0.39, 0.29) is 10.8 Å². The highest BCUT2D eigenvalue weighted by atomic mass is 35.5. The van der Waals surface area contributed by atoms with Crippen LogP contribution in [-0.2, 0) is 0 Å². The molecule has 0 aliphatic rings. The number of ketones is 1. The Morgan fingerprint density at radius 1 is 1.36 bits per heavy atom. The van der Waals surface area contributed by atoms with Gasteiger partial charge < -0.3 is 0 Å².